The van der Waals surface area contributed by atoms with Gasteiger partial charge in [0.1, 0.15) is 11.6 Å². The van der Waals surface area contributed by atoms with Crippen LogP contribution < -0.4 is 10.7 Å². The normalized spacial score (nSPS) is 13.0. The molecule has 0 saturated carbocycles. The molecule has 1 aliphatic carbocycles. The van der Waals surface area contributed by atoms with Crippen molar-refractivity contribution in [2.24, 2.45) is 0 Å². The minimum atomic E-state index is -0.708. The lowest BCUT2D eigenvalue weighted by molar-refractivity contribution is -0.120. The highest BCUT2D eigenvalue weighted by atomic mass is 19.1. The van der Waals surface area contributed by atoms with E-state index >= 15 is 0 Å². The number of carbonyl (C=O) groups excluding carboxylic acids is 1. The molecule has 0 atom stereocenters. The van der Waals surface area contributed by atoms with Gasteiger partial charge in [-0.2, -0.15) is 0 Å². The Morgan fingerprint density at radius 2 is 1.96 bits per heavy atom. The Balaban J connectivity index is 1.68. The first kappa shape index (κ1) is 15.4. The Kier molecular flexibility index (Phi) is 4.23. The van der Waals surface area contributed by atoms with Crippen molar-refractivity contribution in [3.63, 3.8) is 0 Å². The molecule has 1 aromatic carbocycles. The number of amides is 1. The van der Waals surface area contributed by atoms with E-state index in [1.807, 2.05) is 0 Å². The second-order valence-corrected chi connectivity index (χ2v) is 5.61. The fourth-order valence-electron chi connectivity index (χ4n) is 2.84. The first-order valence-electron chi connectivity index (χ1n) is 7.48. The topological polar surface area (TPSA) is 62.0 Å². The van der Waals surface area contributed by atoms with Crippen molar-refractivity contribution in [3.8, 4) is 0 Å². The van der Waals surface area contributed by atoms with Gasteiger partial charge in [0.05, 0.1) is 6.42 Å². The number of hydrogen-bond donors (Lipinski definition) is 2. The van der Waals surface area contributed by atoms with Crippen LogP contribution in [0.4, 0.5) is 8.78 Å². The lowest BCUT2D eigenvalue weighted by atomic mass is 10.1. The number of rotatable bonds is 4. The highest BCUT2D eigenvalue weighted by Crippen LogP contribution is 2.16. The lowest BCUT2D eigenvalue weighted by Gasteiger charge is -2.08. The molecular formula is C17H16F2N2O2. The van der Waals surface area contributed by atoms with Gasteiger partial charge in [-0.05, 0) is 31.4 Å². The Bertz CT molecular complexity index is 794. The first-order chi connectivity index (χ1) is 11.1. The van der Waals surface area contributed by atoms with Crippen LogP contribution in [-0.2, 0) is 30.6 Å². The second-order valence-electron chi connectivity index (χ2n) is 5.61. The molecule has 2 aromatic rings. The molecule has 0 saturated heterocycles. The molecule has 0 bridgehead atoms. The smallest absolute Gasteiger partial charge is 0.224 e. The van der Waals surface area contributed by atoms with E-state index in [2.05, 4.69) is 10.3 Å². The molecule has 120 valence electrons. The molecule has 1 heterocycles. The first-order valence-corrected chi connectivity index (χ1v) is 7.48. The van der Waals surface area contributed by atoms with Gasteiger partial charge in [-0.3, -0.25) is 9.59 Å². The summed E-state index contributed by atoms with van der Waals surface area (Å²) in [4.78, 5) is 27.3. The number of halogens is 2. The maximum Gasteiger partial charge on any atom is 0.224 e. The van der Waals surface area contributed by atoms with E-state index in [1.54, 1.807) is 6.20 Å². The van der Waals surface area contributed by atoms with E-state index in [0.717, 1.165) is 42.7 Å². The number of H-pyrrole nitrogens is 1. The SMILES string of the molecule is O=C(Cc1c[nH]c2c(c1=O)CCC2)NCc1c(F)cccc1F. The molecule has 2 N–H and O–H groups in total. The number of aromatic amines is 1. The summed E-state index contributed by atoms with van der Waals surface area (Å²) < 4.78 is 27.0. The van der Waals surface area contributed by atoms with Gasteiger partial charge in [0.2, 0.25) is 5.91 Å². The summed E-state index contributed by atoms with van der Waals surface area (Å²) in [5, 5.41) is 2.45. The van der Waals surface area contributed by atoms with Crippen molar-refractivity contribution < 1.29 is 13.6 Å². The Morgan fingerprint density at radius 3 is 2.70 bits per heavy atom. The van der Waals surface area contributed by atoms with E-state index in [0.29, 0.717) is 5.56 Å². The highest BCUT2D eigenvalue weighted by Gasteiger charge is 2.18. The van der Waals surface area contributed by atoms with Gasteiger partial charge in [0.25, 0.3) is 0 Å². The van der Waals surface area contributed by atoms with Crippen molar-refractivity contribution in [2.45, 2.75) is 32.2 Å². The van der Waals surface area contributed by atoms with Crippen LogP contribution >= 0.6 is 0 Å². The summed E-state index contributed by atoms with van der Waals surface area (Å²) in [7, 11) is 0. The second kappa shape index (κ2) is 6.32. The number of pyridine rings is 1. The lowest BCUT2D eigenvalue weighted by Crippen LogP contribution is -2.28. The van der Waals surface area contributed by atoms with Crippen molar-refractivity contribution in [2.75, 3.05) is 0 Å². The molecule has 1 amide bonds. The maximum atomic E-state index is 13.5. The van der Waals surface area contributed by atoms with Crippen molar-refractivity contribution in [1.29, 1.82) is 0 Å². The molecule has 1 aliphatic rings. The van der Waals surface area contributed by atoms with Gasteiger partial charge in [0, 0.05) is 35.1 Å². The number of aromatic nitrogens is 1. The molecule has 1 aromatic heterocycles. The van der Waals surface area contributed by atoms with E-state index in [1.165, 1.54) is 6.07 Å². The minimum absolute atomic E-state index is 0.108. The summed E-state index contributed by atoms with van der Waals surface area (Å²) in [6, 6.07) is 3.53. The van der Waals surface area contributed by atoms with E-state index in [-0.39, 0.29) is 24.0 Å². The predicted octanol–water partition coefficient (Wildman–Crippen LogP) is 2.00. The molecule has 23 heavy (non-hydrogen) atoms. The summed E-state index contributed by atoms with van der Waals surface area (Å²) >= 11 is 0. The summed E-state index contributed by atoms with van der Waals surface area (Å²) in [6.45, 7) is -0.250. The monoisotopic (exact) mass is 318 g/mol. The largest absolute Gasteiger partial charge is 0.364 e. The Labute approximate surface area is 131 Å². The average molecular weight is 318 g/mol. The zero-order valence-corrected chi connectivity index (χ0v) is 12.4. The zero-order valence-electron chi connectivity index (χ0n) is 12.4. The number of fused-ring (bicyclic) bond motifs is 1. The number of carbonyl (C=O) groups is 1. The standard InChI is InChI=1S/C17H16F2N2O2/c18-13-4-2-5-14(19)12(13)9-21-16(22)7-10-8-20-15-6-1-3-11(15)17(10)23/h2,4-5,8H,1,3,6-7,9H2,(H,20,23)(H,21,22). The molecule has 0 fully saturated rings. The molecule has 3 rings (SSSR count). The van der Waals surface area contributed by atoms with Gasteiger partial charge in [-0.25, -0.2) is 8.78 Å². The van der Waals surface area contributed by atoms with Gasteiger partial charge < -0.3 is 10.3 Å². The molecule has 6 heteroatoms. The fraction of sp³-hybridized carbons (Fsp3) is 0.294. The molecule has 0 radical (unpaired) electrons. The fourth-order valence-corrected chi connectivity index (χ4v) is 2.84. The van der Waals surface area contributed by atoms with Crippen LogP contribution in [0.2, 0.25) is 0 Å². The van der Waals surface area contributed by atoms with Crippen LogP contribution in [0.3, 0.4) is 0 Å². The number of aryl methyl sites for hydroxylation is 1. The zero-order chi connectivity index (χ0) is 16.4. The molecule has 0 aliphatic heterocycles. The third-order valence-electron chi connectivity index (χ3n) is 4.08. The molecule has 0 spiro atoms. The molecule has 0 unspecified atom stereocenters. The molecular weight excluding hydrogens is 302 g/mol. The van der Waals surface area contributed by atoms with Crippen LogP contribution in [0.5, 0.6) is 0 Å². The highest BCUT2D eigenvalue weighted by molar-refractivity contribution is 5.78. The van der Waals surface area contributed by atoms with E-state index in [9.17, 15) is 18.4 Å². The average Bonchev–Trinajstić information content (AvgIpc) is 2.99. The third-order valence-corrected chi connectivity index (χ3v) is 4.08. The Hall–Kier alpha value is -2.50. The van der Waals surface area contributed by atoms with Crippen LogP contribution in [0.1, 0.15) is 28.8 Å². The van der Waals surface area contributed by atoms with E-state index in [4.69, 9.17) is 0 Å². The van der Waals surface area contributed by atoms with Crippen molar-refractivity contribution in [1.82, 2.24) is 10.3 Å². The summed E-state index contributed by atoms with van der Waals surface area (Å²) in [6.07, 6.45) is 3.95. The molecule has 4 nitrogen and oxygen atoms in total. The van der Waals surface area contributed by atoms with Crippen LogP contribution in [0, 0.1) is 11.6 Å². The van der Waals surface area contributed by atoms with Crippen molar-refractivity contribution in [3.05, 3.63) is 68.6 Å². The van der Waals surface area contributed by atoms with Crippen LogP contribution in [0.25, 0.3) is 0 Å². The van der Waals surface area contributed by atoms with Gasteiger partial charge >= 0.3 is 0 Å². The quantitative estimate of drug-likeness (QED) is 0.906. The van der Waals surface area contributed by atoms with Crippen molar-refractivity contribution >= 4 is 5.91 Å². The number of hydrogen-bond acceptors (Lipinski definition) is 2. The van der Waals surface area contributed by atoms with Gasteiger partial charge in [-0.15, -0.1) is 0 Å². The summed E-state index contributed by atoms with van der Waals surface area (Å²) in [5.41, 5.74) is 1.76. The third kappa shape index (κ3) is 3.16. The van der Waals surface area contributed by atoms with Crippen LogP contribution in [0.15, 0.2) is 29.2 Å². The van der Waals surface area contributed by atoms with Gasteiger partial charge in [-0.1, -0.05) is 6.07 Å². The number of nitrogens with one attached hydrogen (secondary N) is 2. The number of benzene rings is 1. The van der Waals surface area contributed by atoms with Gasteiger partial charge in [0.15, 0.2) is 5.43 Å². The summed E-state index contributed by atoms with van der Waals surface area (Å²) in [5.74, 6) is -1.86. The Morgan fingerprint density at radius 1 is 1.22 bits per heavy atom. The van der Waals surface area contributed by atoms with E-state index < -0.39 is 17.5 Å². The van der Waals surface area contributed by atoms with Crippen LogP contribution in [-0.4, -0.2) is 10.9 Å². The predicted molar refractivity (Wildman–Crippen MR) is 81.0 cm³/mol. The minimum Gasteiger partial charge on any atom is -0.364 e. The maximum absolute atomic E-state index is 13.5.